The van der Waals surface area contributed by atoms with E-state index in [9.17, 15) is 14.4 Å². The third kappa shape index (κ3) is 2.32. The zero-order chi connectivity index (χ0) is 17.9. The number of H-pyrrole nitrogens is 1. The molecule has 25 heavy (non-hydrogen) atoms. The number of nitrogens with one attached hydrogen (secondary N) is 1. The van der Waals surface area contributed by atoms with E-state index in [2.05, 4.69) is 16.9 Å². The summed E-state index contributed by atoms with van der Waals surface area (Å²) in [6, 6.07) is 1.94. The molecule has 1 N–H and O–H groups in total. The van der Waals surface area contributed by atoms with Crippen molar-refractivity contribution in [3.8, 4) is 0 Å². The predicted molar refractivity (Wildman–Crippen MR) is 91.1 cm³/mol. The van der Waals surface area contributed by atoms with Crippen LogP contribution < -0.4 is 5.69 Å². The molecule has 3 fully saturated rings. The summed E-state index contributed by atoms with van der Waals surface area (Å²) < 4.78 is 0. The largest absolute Gasteiger partial charge is 0.345 e. The van der Waals surface area contributed by atoms with Crippen molar-refractivity contribution in [1.29, 1.82) is 0 Å². The molecular formula is C18H24N4O3. The SMILES string of the molecule is CC(=O)N1C[C@@H]2C[C@@]3(C)[C@H](CCC[C@@H]13)N2C(=O)c1cc(C)[nH]c(=O)n1. The lowest BCUT2D eigenvalue weighted by molar-refractivity contribution is -0.137. The molecule has 4 rings (SSSR count). The van der Waals surface area contributed by atoms with Crippen LogP contribution >= 0.6 is 0 Å². The van der Waals surface area contributed by atoms with Gasteiger partial charge in [0, 0.05) is 36.7 Å². The molecule has 7 nitrogen and oxygen atoms in total. The first-order valence-corrected chi connectivity index (χ1v) is 8.99. The Hall–Kier alpha value is -2.18. The van der Waals surface area contributed by atoms with Crippen molar-refractivity contribution in [1.82, 2.24) is 19.8 Å². The average molecular weight is 344 g/mol. The maximum Gasteiger partial charge on any atom is 0.345 e. The number of aryl methyl sites for hydroxylation is 1. The molecular weight excluding hydrogens is 320 g/mol. The van der Waals surface area contributed by atoms with Crippen molar-refractivity contribution in [2.24, 2.45) is 5.41 Å². The molecule has 4 atom stereocenters. The zero-order valence-corrected chi connectivity index (χ0v) is 14.9. The minimum absolute atomic E-state index is 0.00199. The highest BCUT2D eigenvalue weighted by Gasteiger charge is 2.61. The number of amides is 2. The molecule has 3 aliphatic rings. The Morgan fingerprint density at radius 1 is 1.32 bits per heavy atom. The summed E-state index contributed by atoms with van der Waals surface area (Å²) in [7, 11) is 0. The van der Waals surface area contributed by atoms with Gasteiger partial charge < -0.3 is 14.8 Å². The van der Waals surface area contributed by atoms with E-state index in [4.69, 9.17) is 0 Å². The Bertz CT molecular complexity index is 804. The molecule has 134 valence electrons. The molecule has 7 heteroatoms. The molecule has 0 radical (unpaired) electrons. The molecule has 0 aromatic carbocycles. The molecule has 0 spiro atoms. The minimum Gasteiger partial charge on any atom is -0.337 e. The van der Waals surface area contributed by atoms with Crippen molar-refractivity contribution in [2.75, 3.05) is 6.54 Å². The first-order chi connectivity index (χ1) is 11.8. The second kappa shape index (κ2) is 5.41. The van der Waals surface area contributed by atoms with Gasteiger partial charge in [0.1, 0.15) is 5.69 Å². The van der Waals surface area contributed by atoms with E-state index in [1.807, 2.05) is 9.80 Å². The Balaban J connectivity index is 1.75. The molecule has 1 aromatic heterocycles. The lowest BCUT2D eigenvalue weighted by Gasteiger charge is -2.49. The molecule has 2 amide bonds. The fraction of sp³-hybridized carbons (Fsp3) is 0.667. The third-order valence-corrected chi connectivity index (χ3v) is 6.40. The number of piperidine rings is 1. The van der Waals surface area contributed by atoms with Crippen molar-refractivity contribution in [2.45, 2.75) is 64.6 Å². The minimum atomic E-state index is -0.497. The maximum atomic E-state index is 13.2. The number of hydrogen-bond donors (Lipinski definition) is 1. The van der Waals surface area contributed by atoms with Gasteiger partial charge in [-0.05, 0) is 38.7 Å². The van der Waals surface area contributed by atoms with Gasteiger partial charge in [0.15, 0.2) is 0 Å². The monoisotopic (exact) mass is 344 g/mol. The van der Waals surface area contributed by atoms with Crippen molar-refractivity contribution < 1.29 is 9.59 Å². The highest BCUT2D eigenvalue weighted by atomic mass is 16.2. The number of carbonyl (C=O) groups excluding carboxylic acids is 2. The standard InChI is InChI=1S/C18H24N4O3/c1-10-7-13(20-17(25)19-10)16(24)22-12-8-18(3)14(5-4-6-15(18)22)21(9-12)11(2)23/h7,12,14-15H,4-6,8-9H2,1-3H3,(H,19,20,25)/t12-,14+,15-,18+/m0/s1. The van der Waals surface area contributed by atoms with E-state index >= 15 is 0 Å². The molecule has 1 aromatic rings. The van der Waals surface area contributed by atoms with Crippen LogP contribution in [-0.2, 0) is 4.79 Å². The van der Waals surface area contributed by atoms with E-state index in [1.165, 1.54) is 0 Å². The molecule has 1 saturated carbocycles. The fourth-order valence-electron chi connectivity index (χ4n) is 5.47. The quantitative estimate of drug-likeness (QED) is 0.826. The summed E-state index contributed by atoms with van der Waals surface area (Å²) in [4.78, 5) is 47.4. The second-order valence-electron chi connectivity index (χ2n) is 7.96. The van der Waals surface area contributed by atoms with Gasteiger partial charge in [-0.15, -0.1) is 0 Å². The number of aromatic nitrogens is 2. The first-order valence-electron chi connectivity index (χ1n) is 8.99. The second-order valence-corrected chi connectivity index (χ2v) is 7.96. The number of nitrogens with zero attached hydrogens (tertiary/aromatic N) is 3. The van der Waals surface area contributed by atoms with Gasteiger partial charge >= 0.3 is 5.69 Å². The summed E-state index contributed by atoms with van der Waals surface area (Å²) in [5.74, 6) is -0.0972. The topological polar surface area (TPSA) is 86.4 Å². The lowest BCUT2D eigenvalue weighted by Crippen LogP contribution is -2.57. The predicted octanol–water partition coefficient (Wildman–Crippen LogP) is 1.08. The fourth-order valence-corrected chi connectivity index (χ4v) is 5.47. The average Bonchev–Trinajstić information content (AvgIpc) is 2.82. The van der Waals surface area contributed by atoms with Gasteiger partial charge in [-0.1, -0.05) is 6.92 Å². The number of rotatable bonds is 1. The lowest BCUT2D eigenvalue weighted by atomic mass is 9.66. The number of likely N-dealkylation sites (tertiary alicyclic amines) is 2. The summed E-state index contributed by atoms with van der Waals surface area (Å²) in [5, 5.41) is 0. The Morgan fingerprint density at radius 3 is 2.72 bits per heavy atom. The van der Waals surface area contributed by atoms with Crippen LogP contribution in [0, 0.1) is 12.3 Å². The normalized spacial score (nSPS) is 33.5. The number of carbonyl (C=O) groups is 2. The summed E-state index contributed by atoms with van der Waals surface area (Å²) >= 11 is 0. The Labute approximate surface area is 146 Å². The van der Waals surface area contributed by atoms with Crippen LogP contribution in [0.25, 0.3) is 0 Å². The summed E-state index contributed by atoms with van der Waals surface area (Å²) in [6.45, 7) is 6.16. The van der Waals surface area contributed by atoms with E-state index in [1.54, 1.807) is 19.9 Å². The van der Waals surface area contributed by atoms with Crippen LogP contribution in [0.15, 0.2) is 10.9 Å². The summed E-state index contributed by atoms with van der Waals surface area (Å²) in [6.07, 6.45) is 3.87. The van der Waals surface area contributed by atoms with Crippen LogP contribution in [0.4, 0.5) is 0 Å². The van der Waals surface area contributed by atoms with Crippen LogP contribution in [0.5, 0.6) is 0 Å². The maximum absolute atomic E-state index is 13.2. The molecule has 2 aliphatic heterocycles. The van der Waals surface area contributed by atoms with Crippen LogP contribution in [0.3, 0.4) is 0 Å². The number of hydrogen-bond acceptors (Lipinski definition) is 4. The Kier molecular flexibility index (Phi) is 3.53. The highest BCUT2D eigenvalue weighted by Crippen LogP contribution is 2.54. The number of fused-ring (bicyclic) bond motifs is 1. The molecule has 0 unspecified atom stereocenters. The highest BCUT2D eigenvalue weighted by molar-refractivity contribution is 5.93. The van der Waals surface area contributed by atoms with Gasteiger partial charge in [-0.25, -0.2) is 4.79 Å². The van der Waals surface area contributed by atoms with Crippen molar-refractivity contribution >= 4 is 11.8 Å². The molecule has 1 aliphatic carbocycles. The number of aromatic amines is 1. The smallest absolute Gasteiger partial charge is 0.337 e. The van der Waals surface area contributed by atoms with Crippen LogP contribution in [0.1, 0.15) is 55.7 Å². The van der Waals surface area contributed by atoms with Crippen LogP contribution in [0.2, 0.25) is 0 Å². The van der Waals surface area contributed by atoms with Crippen molar-refractivity contribution in [3.63, 3.8) is 0 Å². The summed E-state index contributed by atoms with van der Waals surface area (Å²) in [5.41, 5.74) is 0.264. The molecule has 3 heterocycles. The van der Waals surface area contributed by atoms with E-state index in [-0.39, 0.29) is 41.0 Å². The van der Waals surface area contributed by atoms with Gasteiger partial charge in [0.05, 0.1) is 6.04 Å². The molecule has 2 bridgehead atoms. The van der Waals surface area contributed by atoms with E-state index in [0.29, 0.717) is 12.2 Å². The van der Waals surface area contributed by atoms with Crippen LogP contribution in [-0.4, -0.2) is 56.3 Å². The van der Waals surface area contributed by atoms with E-state index < -0.39 is 5.69 Å². The van der Waals surface area contributed by atoms with Gasteiger partial charge in [0.25, 0.3) is 5.91 Å². The Morgan fingerprint density at radius 2 is 2.04 bits per heavy atom. The van der Waals surface area contributed by atoms with Crippen molar-refractivity contribution in [3.05, 3.63) is 27.9 Å². The van der Waals surface area contributed by atoms with E-state index in [0.717, 1.165) is 25.7 Å². The first kappa shape index (κ1) is 16.3. The zero-order valence-electron chi connectivity index (χ0n) is 14.9. The van der Waals surface area contributed by atoms with Gasteiger partial charge in [-0.2, -0.15) is 4.98 Å². The van der Waals surface area contributed by atoms with Gasteiger partial charge in [-0.3, -0.25) is 9.59 Å². The third-order valence-electron chi connectivity index (χ3n) is 6.40. The molecule has 2 saturated heterocycles. The van der Waals surface area contributed by atoms with Gasteiger partial charge in [0.2, 0.25) is 5.91 Å².